The molecule has 9 heteroatoms. The molecule has 0 radical (unpaired) electrons. The van der Waals surface area contributed by atoms with Gasteiger partial charge in [0.1, 0.15) is 5.52 Å². The SMILES string of the molecule is Cc1cc2nc(SCC(=O)Nc3cc(Cl)cc(Cl)c3)n(CCC(C)C)c(=O)c2[nH]1. The smallest absolute Gasteiger partial charge is 0.278 e. The fourth-order valence-electron chi connectivity index (χ4n) is 2.86. The van der Waals surface area contributed by atoms with Crippen LogP contribution in [0.5, 0.6) is 0 Å². The number of halogens is 2. The van der Waals surface area contributed by atoms with Crippen LogP contribution in [0.25, 0.3) is 11.0 Å². The third kappa shape index (κ3) is 5.56. The summed E-state index contributed by atoms with van der Waals surface area (Å²) in [6.45, 7) is 6.64. The van der Waals surface area contributed by atoms with Crippen molar-refractivity contribution in [2.24, 2.45) is 5.92 Å². The highest BCUT2D eigenvalue weighted by molar-refractivity contribution is 7.99. The van der Waals surface area contributed by atoms with Gasteiger partial charge in [-0.1, -0.05) is 48.8 Å². The molecule has 0 unspecified atom stereocenters. The van der Waals surface area contributed by atoms with Gasteiger partial charge < -0.3 is 10.3 Å². The van der Waals surface area contributed by atoms with Gasteiger partial charge in [0.2, 0.25) is 5.91 Å². The first-order valence-corrected chi connectivity index (χ1v) is 11.0. The predicted molar refractivity (Wildman–Crippen MR) is 120 cm³/mol. The molecule has 0 fully saturated rings. The van der Waals surface area contributed by atoms with E-state index in [9.17, 15) is 9.59 Å². The number of nitrogens with zero attached hydrogens (tertiary/aromatic N) is 2. The molecule has 6 nitrogen and oxygen atoms in total. The topological polar surface area (TPSA) is 79.8 Å². The van der Waals surface area contributed by atoms with Crippen molar-refractivity contribution < 1.29 is 4.79 Å². The van der Waals surface area contributed by atoms with Crippen molar-refractivity contribution in [3.8, 4) is 0 Å². The molecule has 0 atom stereocenters. The van der Waals surface area contributed by atoms with Crippen LogP contribution in [0.3, 0.4) is 0 Å². The number of carbonyl (C=O) groups is 1. The number of hydrogen-bond donors (Lipinski definition) is 2. The summed E-state index contributed by atoms with van der Waals surface area (Å²) in [4.78, 5) is 33.0. The van der Waals surface area contributed by atoms with Gasteiger partial charge in [-0.15, -0.1) is 0 Å². The number of aromatic amines is 1. The fourth-order valence-corrected chi connectivity index (χ4v) is 4.21. The van der Waals surface area contributed by atoms with E-state index in [2.05, 4.69) is 29.1 Å². The Morgan fingerprint density at radius 3 is 2.59 bits per heavy atom. The molecule has 2 heterocycles. The maximum Gasteiger partial charge on any atom is 0.278 e. The van der Waals surface area contributed by atoms with Crippen molar-refractivity contribution in [2.45, 2.75) is 38.9 Å². The van der Waals surface area contributed by atoms with Crippen molar-refractivity contribution in [2.75, 3.05) is 11.1 Å². The van der Waals surface area contributed by atoms with Crippen molar-refractivity contribution in [3.05, 3.63) is 50.4 Å². The third-order valence-corrected chi connectivity index (χ3v) is 5.66. The lowest BCUT2D eigenvalue weighted by molar-refractivity contribution is -0.113. The summed E-state index contributed by atoms with van der Waals surface area (Å²) in [5, 5.41) is 4.18. The zero-order chi connectivity index (χ0) is 21.1. The highest BCUT2D eigenvalue weighted by Gasteiger charge is 2.15. The number of aryl methyl sites for hydroxylation is 1. The first kappa shape index (κ1) is 21.7. The van der Waals surface area contributed by atoms with Crippen molar-refractivity contribution in [1.29, 1.82) is 0 Å². The monoisotopic (exact) mass is 452 g/mol. The van der Waals surface area contributed by atoms with Gasteiger partial charge in [0, 0.05) is 28.0 Å². The first-order valence-electron chi connectivity index (χ1n) is 9.22. The number of nitrogens with one attached hydrogen (secondary N) is 2. The number of hydrogen-bond acceptors (Lipinski definition) is 4. The van der Waals surface area contributed by atoms with Crippen LogP contribution in [0.1, 0.15) is 26.0 Å². The molecule has 3 rings (SSSR count). The fraction of sp³-hybridized carbons (Fsp3) is 0.350. The molecule has 0 spiro atoms. The number of amides is 1. The Hall–Kier alpha value is -1.96. The number of benzene rings is 1. The second-order valence-corrected chi connectivity index (χ2v) is 9.06. The molecule has 0 saturated heterocycles. The number of anilines is 1. The molecule has 2 aromatic heterocycles. The minimum Gasteiger partial charge on any atom is -0.353 e. The van der Waals surface area contributed by atoms with Gasteiger partial charge in [-0.3, -0.25) is 14.2 Å². The van der Waals surface area contributed by atoms with E-state index in [0.717, 1.165) is 12.1 Å². The molecule has 0 aliphatic carbocycles. The number of fused-ring (bicyclic) bond motifs is 1. The van der Waals surface area contributed by atoms with Crippen molar-refractivity contribution in [1.82, 2.24) is 14.5 Å². The van der Waals surface area contributed by atoms with Crippen LogP contribution < -0.4 is 10.9 Å². The van der Waals surface area contributed by atoms with E-state index in [1.165, 1.54) is 11.8 Å². The Balaban J connectivity index is 1.81. The van der Waals surface area contributed by atoms with E-state index in [4.69, 9.17) is 23.2 Å². The standard InChI is InChI=1S/C20H22Cl2N4O2S/c1-11(2)4-5-26-19(28)18-16(6-12(3)23-18)25-20(26)29-10-17(27)24-15-8-13(21)7-14(22)9-15/h6-9,11,23H,4-5,10H2,1-3H3,(H,24,27). The van der Waals surface area contributed by atoms with Gasteiger partial charge in [-0.25, -0.2) is 4.98 Å². The Kier molecular flexibility index (Phi) is 6.93. The van der Waals surface area contributed by atoms with Crippen molar-refractivity contribution >= 4 is 57.6 Å². The molecule has 154 valence electrons. The Labute approximate surface area is 183 Å². The summed E-state index contributed by atoms with van der Waals surface area (Å²) < 4.78 is 1.65. The highest BCUT2D eigenvalue weighted by atomic mass is 35.5. The van der Waals surface area contributed by atoms with E-state index in [0.29, 0.717) is 44.4 Å². The number of aromatic nitrogens is 3. The second-order valence-electron chi connectivity index (χ2n) is 7.24. The summed E-state index contributed by atoms with van der Waals surface area (Å²) in [5.74, 6) is 0.313. The summed E-state index contributed by atoms with van der Waals surface area (Å²) in [6.07, 6.45) is 0.841. The number of carbonyl (C=O) groups excluding carboxylic acids is 1. The number of thioether (sulfide) groups is 1. The van der Waals surface area contributed by atoms with Crippen LogP contribution in [-0.4, -0.2) is 26.2 Å². The summed E-state index contributed by atoms with van der Waals surface area (Å²) >= 11 is 13.2. The van der Waals surface area contributed by atoms with Gasteiger partial charge in [0.05, 0.1) is 11.3 Å². The van der Waals surface area contributed by atoms with Gasteiger partial charge >= 0.3 is 0 Å². The van der Waals surface area contributed by atoms with Crippen LogP contribution in [0.4, 0.5) is 5.69 Å². The molecule has 3 aromatic rings. The molecule has 29 heavy (non-hydrogen) atoms. The van der Waals surface area contributed by atoms with Crippen LogP contribution in [0.2, 0.25) is 10.0 Å². The van der Waals surface area contributed by atoms with Gasteiger partial charge in [0.25, 0.3) is 5.56 Å². The normalized spacial score (nSPS) is 11.4. The van der Waals surface area contributed by atoms with E-state index in [1.807, 2.05) is 13.0 Å². The Morgan fingerprint density at radius 1 is 1.24 bits per heavy atom. The molecule has 2 N–H and O–H groups in total. The van der Waals surface area contributed by atoms with E-state index in [1.54, 1.807) is 22.8 Å². The molecule has 1 amide bonds. The minimum atomic E-state index is -0.233. The molecule has 0 saturated carbocycles. The summed E-state index contributed by atoms with van der Waals surface area (Å²) in [7, 11) is 0. The molecule has 0 aliphatic rings. The van der Waals surface area contributed by atoms with Gasteiger partial charge in [0.15, 0.2) is 5.16 Å². The predicted octanol–water partition coefficient (Wildman–Crippen LogP) is 5.12. The maximum absolute atomic E-state index is 12.9. The van der Waals surface area contributed by atoms with E-state index >= 15 is 0 Å². The van der Waals surface area contributed by atoms with Gasteiger partial charge in [-0.2, -0.15) is 0 Å². The lowest BCUT2D eigenvalue weighted by Crippen LogP contribution is -2.25. The van der Waals surface area contributed by atoms with Crippen LogP contribution in [-0.2, 0) is 11.3 Å². The third-order valence-electron chi connectivity index (χ3n) is 4.25. The molecule has 0 bridgehead atoms. The van der Waals surface area contributed by atoms with Crippen molar-refractivity contribution in [3.63, 3.8) is 0 Å². The quantitative estimate of drug-likeness (QED) is 0.385. The maximum atomic E-state index is 12.9. The Morgan fingerprint density at radius 2 is 1.93 bits per heavy atom. The average molecular weight is 453 g/mol. The molecular formula is C20H22Cl2N4O2S. The van der Waals surface area contributed by atoms with E-state index < -0.39 is 0 Å². The van der Waals surface area contributed by atoms with Crippen LogP contribution >= 0.6 is 35.0 Å². The first-order chi connectivity index (χ1) is 13.7. The molecule has 0 aliphatic heterocycles. The highest BCUT2D eigenvalue weighted by Crippen LogP contribution is 2.24. The zero-order valence-corrected chi connectivity index (χ0v) is 18.7. The molecular weight excluding hydrogens is 431 g/mol. The van der Waals surface area contributed by atoms with Gasteiger partial charge in [-0.05, 0) is 43.5 Å². The minimum absolute atomic E-state index is 0.104. The summed E-state index contributed by atoms with van der Waals surface area (Å²) in [5.41, 5.74) is 2.38. The van der Waals surface area contributed by atoms with Crippen LogP contribution in [0, 0.1) is 12.8 Å². The average Bonchev–Trinajstić information content (AvgIpc) is 2.99. The van der Waals surface area contributed by atoms with Crippen LogP contribution in [0.15, 0.2) is 34.2 Å². The second kappa shape index (κ2) is 9.24. The zero-order valence-electron chi connectivity index (χ0n) is 16.4. The number of rotatable bonds is 7. The lowest BCUT2D eigenvalue weighted by atomic mass is 10.1. The molecule has 1 aromatic carbocycles. The Bertz CT molecular complexity index is 1090. The van der Waals surface area contributed by atoms with E-state index in [-0.39, 0.29) is 17.2 Å². The lowest BCUT2D eigenvalue weighted by Gasteiger charge is -2.13. The largest absolute Gasteiger partial charge is 0.353 e. The number of H-pyrrole nitrogens is 1. The summed E-state index contributed by atoms with van der Waals surface area (Å²) in [6, 6.07) is 6.68.